The van der Waals surface area contributed by atoms with Crippen LogP contribution >= 0.6 is 11.3 Å². The number of nitrogens with zero attached hydrogens (tertiary/aromatic N) is 3. The SMILES string of the molecule is Cn1ncc2ccc(-c3csc(NC(=O)CNC(=O)c4ccc5c(c4)[C@](C)(CO)CC5)n3)cc21. The lowest BCUT2D eigenvalue weighted by Crippen LogP contribution is -2.33. The third-order valence-corrected chi connectivity index (χ3v) is 7.28. The molecule has 2 aromatic carbocycles. The van der Waals surface area contributed by atoms with Crippen LogP contribution in [0.25, 0.3) is 22.2 Å². The maximum atomic E-state index is 12.6. The van der Waals surface area contributed by atoms with Crippen molar-refractivity contribution >= 4 is 39.2 Å². The molecule has 2 aromatic heterocycles. The maximum absolute atomic E-state index is 12.6. The summed E-state index contributed by atoms with van der Waals surface area (Å²) in [6.07, 6.45) is 3.56. The number of carbonyl (C=O) groups is 2. The first-order valence-electron chi connectivity index (χ1n) is 11.1. The summed E-state index contributed by atoms with van der Waals surface area (Å²) in [6.45, 7) is 1.88. The Morgan fingerprint density at radius 3 is 2.91 bits per heavy atom. The van der Waals surface area contributed by atoms with Gasteiger partial charge in [0.05, 0.1) is 30.6 Å². The van der Waals surface area contributed by atoms with Crippen LogP contribution in [-0.4, -0.2) is 44.8 Å². The quantitative estimate of drug-likeness (QED) is 0.397. The normalized spacial score (nSPS) is 17.0. The molecule has 0 saturated carbocycles. The summed E-state index contributed by atoms with van der Waals surface area (Å²) in [4.78, 5) is 29.6. The molecule has 0 unspecified atom stereocenters. The predicted octanol–water partition coefficient (Wildman–Crippen LogP) is 3.26. The Morgan fingerprint density at radius 1 is 1.24 bits per heavy atom. The van der Waals surface area contributed by atoms with E-state index in [9.17, 15) is 14.7 Å². The molecule has 0 bridgehead atoms. The third-order valence-electron chi connectivity index (χ3n) is 6.52. The Balaban J connectivity index is 1.21. The lowest BCUT2D eigenvalue weighted by molar-refractivity contribution is -0.115. The molecule has 0 fully saturated rings. The van der Waals surface area contributed by atoms with Gasteiger partial charge < -0.3 is 15.7 Å². The monoisotopic (exact) mass is 475 g/mol. The summed E-state index contributed by atoms with van der Waals surface area (Å²) in [7, 11) is 1.89. The number of hydrogen-bond acceptors (Lipinski definition) is 6. The lowest BCUT2D eigenvalue weighted by atomic mass is 9.84. The predicted molar refractivity (Wildman–Crippen MR) is 132 cm³/mol. The highest BCUT2D eigenvalue weighted by Gasteiger charge is 2.34. The zero-order valence-corrected chi connectivity index (χ0v) is 19.8. The van der Waals surface area contributed by atoms with Crippen molar-refractivity contribution in [1.82, 2.24) is 20.1 Å². The van der Waals surface area contributed by atoms with E-state index in [0.29, 0.717) is 10.7 Å². The number of aromatic nitrogens is 3. The fourth-order valence-corrected chi connectivity index (χ4v) is 5.14. The highest BCUT2D eigenvalue weighted by atomic mass is 32.1. The maximum Gasteiger partial charge on any atom is 0.251 e. The number of amides is 2. The second-order valence-corrected chi connectivity index (χ2v) is 9.76. The van der Waals surface area contributed by atoms with Gasteiger partial charge in [-0.05, 0) is 42.2 Å². The molecule has 0 saturated heterocycles. The van der Waals surface area contributed by atoms with Crippen LogP contribution in [-0.2, 0) is 23.7 Å². The van der Waals surface area contributed by atoms with Crippen molar-refractivity contribution in [3.05, 3.63) is 64.7 Å². The van der Waals surface area contributed by atoms with Gasteiger partial charge in [-0.1, -0.05) is 25.1 Å². The van der Waals surface area contributed by atoms with E-state index in [0.717, 1.165) is 46.1 Å². The molecule has 3 N–H and O–H groups in total. The van der Waals surface area contributed by atoms with Crippen molar-refractivity contribution in [2.75, 3.05) is 18.5 Å². The second-order valence-electron chi connectivity index (χ2n) is 8.90. The number of aliphatic hydroxyl groups is 1. The molecule has 34 heavy (non-hydrogen) atoms. The van der Waals surface area contributed by atoms with Crippen LogP contribution in [0.3, 0.4) is 0 Å². The minimum absolute atomic E-state index is 0.0409. The van der Waals surface area contributed by atoms with E-state index in [2.05, 4.69) is 20.7 Å². The molecule has 0 radical (unpaired) electrons. The Bertz CT molecular complexity index is 1410. The molecular formula is C25H25N5O3S. The van der Waals surface area contributed by atoms with E-state index in [1.54, 1.807) is 6.07 Å². The fourth-order valence-electron chi connectivity index (χ4n) is 4.40. The number of aryl methyl sites for hydroxylation is 2. The highest BCUT2D eigenvalue weighted by Crippen LogP contribution is 2.38. The van der Waals surface area contributed by atoms with E-state index in [4.69, 9.17) is 0 Å². The standard InChI is InChI=1S/C25H25N5O3S/c1-25(14-31)8-7-15-3-5-17(9-19(15)25)23(33)26-12-22(32)29-24-28-20(13-34-24)16-4-6-18-11-27-30(2)21(18)10-16/h3-6,9-11,13,31H,7-8,12,14H2,1-2H3,(H,26,33)(H,28,29,32)/t25-/m0/s1. The molecule has 9 heteroatoms. The fraction of sp³-hybridized carbons (Fsp3) is 0.280. The molecule has 1 atom stereocenters. The highest BCUT2D eigenvalue weighted by molar-refractivity contribution is 7.14. The number of anilines is 1. The smallest absolute Gasteiger partial charge is 0.251 e. The lowest BCUT2D eigenvalue weighted by Gasteiger charge is -2.22. The number of hydrogen-bond donors (Lipinski definition) is 3. The summed E-state index contributed by atoms with van der Waals surface area (Å²) in [5, 5.41) is 22.9. The molecule has 1 aliphatic rings. The van der Waals surface area contributed by atoms with Crippen LogP contribution in [0.15, 0.2) is 48.0 Å². The summed E-state index contributed by atoms with van der Waals surface area (Å²) >= 11 is 1.33. The number of nitrogens with one attached hydrogen (secondary N) is 2. The number of benzene rings is 2. The van der Waals surface area contributed by atoms with Crippen molar-refractivity contribution in [2.24, 2.45) is 7.05 Å². The first-order valence-corrected chi connectivity index (χ1v) is 11.9. The van der Waals surface area contributed by atoms with Crippen LogP contribution in [0.2, 0.25) is 0 Å². The zero-order valence-electron chi connectivity index (χ0n) is 19.0. The minimum atomic E-state index is -0.349. The Hall–Kier alpha value is -3.56. The van der Waals surface area contributed by atoms with Gasteiger partial charge in [-0.2, -0.15) is 5.10 Å². The van der Waals surface area contributed by atoms with Crippen LogP contribution in [0.1, 0.15) is 34.8 Å². The second kappa shape index (κ2) is 8.66. The topological polar surface area (TPSA) is 109 Å². The van der Waals surface area contributed by atoms with Crippen molar-refractivity contribution in [3.8, 4) is 11.3 Å². The van der Waals surface area contributed by atoms with Gasteiger partial charge in [-0.3, -0.25) is 14.3 Å². The average molecular weight is 476 g/mol. The van der Waals surface area contributed by atoms with Crippen molar-refractivity contribution in [1.29, 1.82) is 0 Å². The summed E-state index contributed by atoms with van der Waals surface area (Å²) < 4.78 is 1.81. The van der Waals surface area contributed by atoms with Crippen LogP contribution < -0.4 is 10.6 Å². The first-order chi connectivity index (χ1) is 16.4. The molecule has 4 aromatic rings. The van der Waals surface area contributed by atoms with E-state index < -0.39 is 0 Å². The Kier molecular flexibility index (Phi) is 5.66. The van der Waals surface area contributed by atoms with Gasteiger partial charge in [-0.15, -0.1) is 11.3 Å². The van der Waals surface area contributed by atoms with Crippen LogP contribution in [0, 0.1) is 0 Å². The number of carbonyl (C=O) groups excluding carboxylic acids is 2. The molecule has 8 nitrogen and oxygen atoms in total. The third kappa shape index (κ3) is 4.08. The average Bonchev–Trinajstić information content (AvgIpc) is 3.55. The first kappa shape index (κ1) is 22.2. The van der Waals surface area contributed by atoms with Crippen LogP contribution in [0.5, 0.6) is 0 Å². The molecule has 174 valence electrons. The van der Waals surface area contributed by atoms with Gasteiger partial charge in [0, 0.05) is 34.4 Å². The number of aliphatic hydroxyl groups excluding tert-OH is 1. The number of fused-ring (bicyclic) bond motifs is 2. The Morgan fingerprint density at radius 2 is 2.09 bits per heavy atom. The molecule has 0 spiro atoms. The largest absolute Gasteiger partial charge is 0.395 e. The van der Waals surface area contributed by atoms with E-state index in [-0.39, 0.29) is 30.4 Å². The molecule has 5 rings (SSSR count). The van der Waals surface area contributed by atoms with E-state index in [1.807, 2.05) is 60.6 Å². The summed E-state index contributed by atoms with van der Waals surface area (Å²) in [6, 6.07) is 11.5. The molecule has 0 aliphatic heterocycles. The molecule has 2 amide bonds. The van der Waals surface area contributed by atoms with Crippen molar-refractivity contribution in [3.63, 3.8) is 0 Å². The van der Waals surface area contributed by atoms with Crippen molar-refractivity contribution < 1.29 is 14.7 Å². The van der Waals surface area contributed by atoms with E-state index in [1.165, 1.54) is 11.3 Å². The summed E-state index contributed by atoms with van der Waals surface area (Å²) in [5.41, 5.74) is 5.03. The van der Waals surface area contributed by atoms with E-state index >= 15 is 0 Å². The molecule has 2 heterocycles. The van der Waals surface area contributed by atoms with Gasteiger partial charge in [0.2, 0.25) is 5.91 Å². The minimum Gasteiger partial charge on any atom is -0.395 e. The summed E-state index contributed by atoms with van der Waals surface area (Å²) in [5.74, 6) is -0.674. The number of thiazole rings is 1. The zero-order chi connectivity index (χ0) is 23.9. The van der Waals surface area contributed by atoms with Crippen molar-refractivity contribution in [2.45, 2.75) is 25.2 Å². The molecule has 1 aliphatic carbocycles. The van der Waals surface area contributed by atoms with Crippen LogP contribution in [0.4, 0.5) is 5.13 Å². The number of rotatable bonds is 6. The van der Waals surface area contributed by atoms with Gasteiger partial charge in [0.1, 0.15) is 0 Å². The molecular weight excluding hydrogens is 450 g/mol. The van der Waals surface area contributed by atoms with Gasteiger partial charge in [0.25, 0.3) is 5.91 Å². The van der Waals surface area contributed by atoms with Gasteiger partial charge in [-0.25, -0.2) is 4.98 Å². The van der Waals surface area contributed by atoms with Gasteiger partial charge in [0.15, 0.2) is 5.13 Å². The Labute approximate surface area is 200 Å². The van der Waals surface area contributed by atoms with Gasteiger partial charge >= 0.3 is 0 Å².